The van der Waals surface area contributed by atoms with E-state index in [-0.39, 0.29) is 0 Å². The van der Waals surface area contributed by atoms with Crippen LogP contribution < -0.4 is 18.6 Å². The lowest BCUT2D eigenvalue weighted by atomic mass is 10.2. The Labute approximate surface area is 310 Å². The summed E-state index contributed by atoms with van der Waals surface area (Å²) in [7, 11) is 4.01. The molecule has 0 amide bonds. The fourth-order valence-corrected chi connectivity index (χ4v) is 7.21. The minimum Gasteiger partial charge on any atom is -0.457 e. The van der Waals surface area contributed by atoms with Crippen molar-refractivity contribution in [1.29, 1.82) is 0 Å². The van der Waals surface area contributed by atoms with Gasteiger partial charge in [-0.1, -0.05) is 24.3 Å². The van der Waals surface area contributed by atoms with Gasteiger partial charge in [0, 0.05) is 47.4 Å². The summed E-state index contributed by atoms with van der Waals surface area (Å²) in [5.74, 6) is 4.52. The highest BCUT2D eigenvalue weighted by Gasteiger charge is 2.24. The molecule has 0 aliphatic heterocycles. The van der Waals surface area contributed by atoms with Gasteiger partial charge in [-0.2, -0.15) is 0 Å². The highest BCUT2D eigenvalue weighted by molar-refractivity contribution is 6.20. The molecule has 4 aromatic carbocycles. The number of aromatic nitrogens is 8. The average Bonchev–Trinajstić information content (AvgIpc) is 3.99. The maximum Gasteiger partial charge on any atom is 0.248 e. The molecule has 260 valence electrons. The van der Waals surface area contributed by atoms with Crippen LogP contribution >= 0.6 is 0 Å². The molecule has 10 heteroatoms. The molecule has 0 N–H and O–H groups in total. The van der Waals surface area contributed by atoms with E-state index in [0.717, 1.165) is 78.8 Å². The van der Waals surface area contributed by atoms with Gasteiger partial charge >= 0.3 is 0 Å². The van der Waals surface area contributed by atoms with Gasteiger partial charge in [-0.05, 0) is 72.8 Å². The maximum atomic E-state index is 6.54. The number of hydrogen-bond acceptors (Lipinski definition) is 4. The van der Waals surface area contributed by atoms with Gasteiger partial charge in [0.1, 0.15) is 70.8 Å². The molecule has 6 aromatic heterocycles. The van der Waals surface area contributed by atoms with Gasteiger partial charge in [0.2, 0.25) is 12.7 Å². The lowest BCUT2D eigenvalue weighted by Crippen LogP contribution is -2.23. The van der Waals surface area contributed by atoms with Crippen molar-refractivity contribution in [3.63, 3.8) is 0 Å². The summed E-state index contributed by atoms with van der Waals surface area (Å²) < 4.78 is 25.7. The van der Waals surface area contributed by atoms with Gasteiger partial charge in [-0.15, -0.1) is 0 Å². The van der Waals surface area contributed by atoms with Crippen molar-refractivity contribution in [1.82, 2.24) is 28.2 Å². The fraction of sp³-hybridized carbons (Fsp3) is 0.0455. The molecule has 0 unspecified atom stereocenters. The van der Waals surface area contributed by atoms with Crippen LogP contribution in [-0.4, -0.2) is 28.2 Å². The third kappa shape index (κ3) is 5.44. The molecule has 0 saturated heterocycles. The molecule has 10 nitrogen and oxygen atoms in total. The van der Waals surface area contributed by atoms with Crippen molar-refractivity contribution in [2.45, 2.75) is 0 Å². The smallest absolute Gasteiger partial charge is 0.248 e. The van der Waals surface area contributed by atoms with Crippen LogP contribution in [0.4, 0.5) is 0 Å². The van der Waals surface area contributed by atoms with Crippen molar-refractivity contribution in [3.05, 3.63) is 171 Å². The first kappa shape index (κ1) is 31.3. The Balaban J connectivity index is 1.14. The number of benzene rings is 4. The molecule has 0 aliphatic rings. The standard InChI is InChI=1S/C44H34N8O2/c1-47-21-23-49(29-47)31-9-7-11-33(25-31)53-35-15-17-37-39(27-35)51(41-13-3-5-19-45-41)44-38-18-16-36(28-40(38)52(43(37)44)42-14-4-6-20-46-42)54-34-12-8-10-32(26-34)50-24-22-48(2)30-50/h3-30H,1-2H3/q+2. The first-order valence-electron chi connectivity index (χ1n) is 17.6. The predicted octanol–water partition coefficient (Wildman–Crippen LogP) is 8.33. The third-order valence-electron chi connectivity index (χ3n) is 9.60. The zero-order valence-electron chi connectivity index (χ0n) is 29.6. The molecule has 54 heavy (non-hydrogen) atoms. The topological polar surface area (TPSA) is 71.7 Å². The maximum absolute atomic E-state index is 6.54. The van der Waals surface area contributed by atoms with Gasteiger partial charge in [-0.25, -0.2) is 28.2 Å². The molecular weight excluding hydrogens is 673 g/mol. The third-order valence-corrected chi connectivity index (χ3v) is 9.60. The number of aryl methyl sites for hydroxylation is 2. The van der Waals surface area contributed by atoms with Crippen LogP contribution in [0.15, 0.2) is 171 Å². The van der Waals surface area contributed by atoms with Crippen LogP contribution in [0.5, 0.6) is 23.0 Å². The quantitative estimate of drug-likeness (QED) is 0.149. The van der Waals surface area contributed by atoms with Gasteiger partial charge < -0.3 is 9.47 Å². The summed E-state index contributed by atoms with van der Waals surface area (Å²) in [6.07, 6.45) is 15.8. The van der Waals surface area contributed by atoms with Crippen LogP contribution in [0.25, 0.3) is 55.8 Å². The van der Waals surface area contributed by atoms with Crippen LogP contribution in [0, 0.1) is 0 Å². The van der Waals surface area contributed by atoms with E-state index < -0.39 is 0 Å². The Hall–Kier alpha value is -7.46. The molecule has 0 fully saturated rings. The highest BCUT2D eigenvalue weighted by atomic mass is 16.5. The summed E-state index contributed by atoms with van der Waals surface area (Å²) in [6.45, 7) is 0. The SMILES string of the molecule is C[n+]1ccn(-c2cccc(Oc3ccc4c(c3)n(-c3ccccn3)c3c5ccc(Oc6cccc(-n7cc[n+](C)c7)c6)cc5n(-c5ccccn5)c43)c2)c1. The second-order valence-corrected chi connectivity index (χ2v) is 13.3. The largest absolute Gasteiger partial charge is 0.457 e. The molecule has 0 bridgehead atoms. The molecule has 0 saturated carbocycles. The van der Waals surface area contributed by atoms with Crippen molar-refractivity contribution >= 4 is 32.8 Å². The second kappa shape index (κ2) is 12.6. The number of hydrogen-bond donors (Lipinski definition) is 0. The first-order valence-corrected chi connectivity index (χ1v) is 17.6. The van der Waals surface area contributed by atoms with Crippen molar-refractivity contribution < 1.29 is 18.6 Å². The Morgan fingerprint density at radius 3 is 1.35 bits per heavy atom. The molecule has 10 rings (SSSR count). The van der Waals surface area contributed by atoms with E-state index in [1.165, 1.54) is 0 Å². The van der Waals surface area contributed by atoms with Crippen LogP contribution in [0.1, 0.15) is 0 Å². The van der Waals surface area contributed by atoms with E-state index >= 15 is 0 Å². The van der Waals surface area contributed by atoms with E-state index in [1.807, 2.05) is 158 Å². The minimum atomic E-state index is 0.718. The van der Waals surface area contributed by atoms with E-state index in [1.54, 1.807) is 0 Å². The summed E-state index contributed by atoms with van der Waals surface area (Å²) >= 11 is 0. The zero-order valence-corrected chi connectivity index (χ0v) is 29.6. The van der Waals surface area contributed by atoms with Crippen LogP contribution in [0.3, 0.4) is 0 Å². The molecule has 0 aliphatic carbocycles. The number of fused-ring (bicyclic) bond motifs is 5. The summed E-state index contributed by atoms with van der Waals surface area (Å²) in [5.41, 5.74) is 5.98. The van der Waals surface area contributed by atoms with Gasteiger partial charge in [0.15, 0.2) is 0 Å². The lowest BCUT2D eigenvalue weighted by Gasteiger charge is -2.11. The summed E-state index contributed by atoms with van der Waals surface area (Å²) in [4.78, 5) is 9.69. The number of ether oxygens (including phenoxy) is 2. The van der Waals surface area contributed by atoms with E-state index in [9.17, 15) is 0 Å². The summed E-state index contributed by atoms with van der Waals surface area (Å²) in [5, 5.41) is 2.07. The Kier molecular flexibility index (Phi) is 7.32. The van der Waals surface area contributed by atoms with E-state index in [0.29, 0.717) is 0 Å². The molecule has 10 aromatic rings. The first-order chi connectivity index (χ1) is 26.6. The monoisotopic (exact) mass is 706 g/mol. The van der Waals surface area contributed by atoms with Crippen LogP contribution in [-0.2, 0) is 14.1 Å². The number of imidazole rings is 2. The number of nitrogens with zero attached hydrogens (tertiary/aromatic N) is 8. The molecule has 6 heterocycles. The van der Waals surface area contributed by atoms with Crippen LogP contribution in [0.2, 0.25) is 0 Å². The Morgan fingerprint density at radius 1 is 0.481 bits per heavy atom. The molecular formula is C44H34N8O2+2. The van der Waals surface area contributed by atoms with Crippen molar-refractivity contribution in [2.24, 2.45) is 14.1 Å². The highest BCUT2D eigenvalue weighted by Crippen LogP contribution is 2.43. The number of rotatable bonds is 8. The predicted molar refractivity (Wildman–Crippen MR) is 207 cm³/mol. The van der Waals surface area contributed by atoms with E-state index in [4.69, 9.17) is 19.4 Å². The lowest BCUT2D eigenvalue weighted by molar-refractivity contribution is -0.670. The molecule has 0 radical (unpaired) electrons. The van der Waals surface area contributed by atoms with Crippen molar-refractivity contribution in [2.75, 3.05) is 0 Å². The number of pyridine rings is 2. The zero-order chi connectivity index (χ0) is 36.2. The average molecular weight is 707 g/mol. The normalized spacial score (nSPS) is 11.5. The van der Waals surface area contributed by atoms with Gasteiger partial charge in [-0.3, -0.25) is 9.13 Å². The van der Waals surface area contributed by atoms with Crippen molar-refractivity contribution in [3.8, 4) is 46.0 Å². The second-order valence-electron chi connectivity index (χ2n) is 13.3. The Bertz CT molecular complexity index is 2770. The minimum absolute atomic E-state index is 0.718. The summed E-state index contributed by atoms with van der Waals surface area (Å²) in [6, 6.07) is 40.6. The fourth-order valence-electron chi connectivity index (χ4n) is 7.21. The Morgan fingerprint density at radius 2 is 0.944 bits per heavy atom. The van der Waals surface area contributed by atoms with Gasteiger partial charge in [0.05, 0.1) is 36.2 Å². The van der Waals surface area contributed by atoms with Gasteiger partial charge in [0.25, 0.3) is 0 Å². The molecule has 0 spiro atoms. The van der Waals surface area contributed by atoms with E-state index in [2.05, 4.69) is 54.7 Å². The molecule has 0 atom stereocenters.